The van der Waals surface area contributed by atoms with E-state index in [1.807, 2.05) is 56.3 Å². The number of amides is 1. The summed E-state index contributed by atoms with van der Waals surface area (Å²) in [6, 6.07) is 18.0. The standard InChI is InChI=1S/C21H27NO2/c1-5-18-13-9-10-14-19(18)24-16(2)20(23)22-21(3,4)15-17-11-7-6-8-12-17/h6-14,16H,5,15H2,1-4H3,(H,22,23)/t16-/m0/s1. The number of hydrogen-bond donors (Lipinski definition) is 1. The van der Waals surface area contributed by atoms with Crippen molar-refractivity contribution in [1.29, 1.82) is 0 Å². The summed E-state index contributed by atoms with van der Waals surface area (Å²) in [6.45, 7) is 7.94. The van der Waals surface area contributed by atoms with Gasteiger partial charge in [0.25, 0.3) is 5.91 Å². The van der Waals surface area contributed by atoms with E-state index in [-0.39, 0.29) is 11.4 Å². The lowest BCUT2D eigenvalue weighted by Gasteiger charge is -2.28. The molecule has 2 aromatic rings. The van der Waals surface area contributed by atoms with Crippen molar-refractivity contribution in [3.63, 3.8) is 0 Å². The lowest BCUT2D eigenvalue weighted by molar-refractivity contribution is -0.128. The third kappa shape index (κ3) is 5.12. The predicted molar refractivity (Wildman–Crippen MR) is 98.3 cm³/mol. The zero-order valence-corrected chi connectivity index (χ0v) is 15.0. The van der Waals surface area contributed by atoms with E-state index < -0.39 is 6.10 Å². The Kier molecular flexibility index (Phi) is 6.02. The van der Waals surface area contributed by atoms with Crippen LogP contribution in [0.3, 0.4) is 0 Å². The summed E-state index contributed by atoms with van der Waals surface area (Å²) < 4.78 is 5.88. The van der Waals surface area contributed by atoms with Gasteiger partial charge in [-0.3, -0.25) is 4.79 Å². The highest BCUT2D eigenvalue weighted by atomic mass is 16.5. The fraction of sp³-hybridized carbons (Fsp3) is 0.381. The molecule has 128 valence electrons. The highest BCUT2D eigenvalue weighted by molar-refractivity contribution is 5.81. The molecular weight excluding hydrogens is 298 g/mol. The van der Waals surface area contributed by atoms with Crippen molar-refractivity contribution in [3.8, 4) is 5.75 Å². The van der Waals surface area contributed by atoms with Gasteiger partial charge in [-0.05, 0) is 50.8 Å². The smallest absolute Gasteiger partial charge is 0.261 e. The molecule has 3 nitrogen and oxygen atoms in total. The highest BCUT2D eigenvalue weighted by Gasteiger charge is 2.25. The number of carbonyl (C=O) groups is 1. The maximum atomic E-state index is 12.5. The number of carbonyl (C=O) groups excluding carboxylic acids is 1. The number of para-hydroxylation sites is 1. The first-order valence-electron chi connectivity index (χ1n) is 8.52. The second-order valence-electron chi connectivity index (χ2n) is 6.76. The van der Waals surface area contributed by atoms with Crippen LogP contribution in [0.4, 0.5) is 0 Å². The molecule has 2 rings (SSSR count). The van der Waals surface area contributed by atoms with Gasteiger partial charge in [-0.1, -0.05) is 55.5 Å². The van der Waals surface area contributed by atoms with Crippen molar-refractivity contribution >= 4 is 5.91 Å². The third-order valence-corrected chi connectivity index (χ3v) is 3.98. The number of aryl methyl sites for hydroxylation is 1. The molecule has 0 radical (unpaired) electrons. The van der Waals surface area contributed by atoms with Gasteiger partial charge in [-0.25, -0.2) is 0 Å². The maximum Gasteiger partial charge on any atom is 0.261 e. The van der Waals surface area contributed by atoms with Crippen LogP contribution in [0.2, 0.25) is 0 Å². The molecule has 0 aliphatic heterocycles. The van der Waals surface area contributed by atoms with Crippen molar-refractivity contribution in [3.05, 3.63) is 65.7 Å². The summed E-state index contributed by atoms with van der Waals surface area (Å²) in [5.74, 6) is 0.686. The molecule has 0 bridgehead atoms. The second-order valence-corrected chi connectivity index (χ2v) is 6.76. The fourth-order valence-electron chi connectivity index (χ4n) is 2.74. The summed E-state index contributed by atoms with van der Waals surface area (Å²) in [5, 5.41) is 3.10. The van der Waals surface area contributed by atoms with Gasteiger partial charge in [0.2, 0.25) is 0 Å². The van der Waals surface area contributed by atoms with E-state index in [0.29, 0.717) is 0 Å². The Morgan fingerprint density at radius 2 is 1.71 bits per heavy atom. The number of ether oxygens (including phenoxy) is 1. The lowest BCUT2D eigenvalue weighted by atomic mass is 9.94. The number of hydrogen-bond acceptors (Lipinski definition) is 2. The van der Waals surface area contributed by atoms with Crippen LogP contribution in [0.15, 0.2) is 54.6 Å². The van der Waals surface area contributed by atoms with Gasteiger partial charge in [-0.15, -0.1) is 0 Å². The SMILES string of the molecule is CCc1ccccc1O[C@@H](C)C(=O)NC(C)(C)Cc1ccccc1. The molecule has 0 heterocycles. The van der Waals surface area contributed by atoms with Gasteiger partial charge in [-0.2, -0.15) is 0 Å². The number of nitrogens with one attached hydrogen (secondary N) is 1. The van der Waals surface area contributed by atoms with Gasteiger partial charge >= 0.3 is 0 Å². The van der Waals surface area contributed by atoms with Crippen LogP contribution in [0.25, 0.3) is 0 Å². The normalized spacial score (nSPS) is 12.5. The van der Waals surface area contributed by atoms with Crippen LogP contribution in [0, 0.1) is 0 Å². The van der Waals surface area contributed by atoms with Crippen LogP contribution in [-0.4, -0.2) is 17.6 Å². The zero-order chi connectivity index (χ0) is 17.6. The maximum absolute atomic E-state index is 12.5. The van der Waals surface area contributed by atoms with E-state index in [4.69, 9.17) is 4.74 Å². The monoisotopic (exact) mass is 325 g/mol. The molecule has 1 N–H and O–H groups in total. The third-order valence-electron chi connectivity index (χ3n) is 3.98. The average molecular weight is 325 g/mol. The average Bonchev–Trinajstić information content (AvgIpc) is 2.55. The Morgan fingerprint density at radius 1 is 1.08 bits per heavy atom. The highest BCUT2D eigenvalue weighted by Crippen LogP contribution is 2.20. The first-order chi connectivity index (χ1) is 11.4. The Morgan fingerprint density at radius 3 is 2.38 bits per heavy atom. The Hall–Kier alpha value is -2.29. The minimum Gasteiger partial charge on any atom is -0.481 e. The molecule has 0 unspecified atom stereocenters. The number of benzene rings is 2. The molecular formula is C21H27NO2. The molecule has 1 amide bonds. The van der Waals surface area contributed by atoms with E-state index in [1.54, 1.807) is 6.92 Å². The molecule has 1 atom stereocenters. The first-order valence-corrected chi connectivity index (χ1v) is 8.52. The Bertz CT molecular complexity index is 665. The van der Waals surface area contributed by atoms with Gasteiger partial charge in [0, 0.05) is 5.54 Å². The molecule has 0 aliphatic carbocycles. The number of rotatable bonds is 7. The predicted octanol–water partition coefficient (Wildman–Crippen LogP) is 4.15. The molecule has 24 heavy (non-hydrogen) atoms. The quantitative estimate of drug-likeness (QED) is 0.830. The van der Waals surface area contributed by atoms with Crippen LogP contribution in [0.5, 0.6) is 5.75 Å². The topological polar surface area (TPSA) is 38.3 Å². The molecule has 0 fully saturated rings. The molecule has 0 aromatic heterocycles. The van der Waals surface area contributed by atoms with E-state index in [9.17, 15) is 4.79 Å². The lowest BCUT2D eigenvalue weighted by Crippen LogP contribution is -2.49. The molecule has 0 saturated carbocycles. The molecule has 0 spiro atoms. The summed E-state index contributed by atoms with van der Waals surface area (Å²) in [6.07, 6.45) is 1.12. The second kappa shape index (κ2) is 8.00. The van der Waals surface area contributed by atoms with E-state index in [0.717, 1.165) is 24.2 Å². The molecule has 3 heteroatoms. The van der Waals surface area contributed by atoms with Gasteiger partial charge in [0.05, 0.1) is 0 Å². The molecule has 0 saturated heterocycles. The Balaban J connectivity index is 1.97. The zero-order valence-electron chi connectivity index (χ0n) is 15.0. The minimum absolute atomic E-state index is 0.0955. The summed E-state index contributed by atoms with van der Waals surface area (Å²) in [5.41, 5.74) is 1.98. The summed E-state index contributed by atoms with van der Waals surface area (Å²) >= 11 is 0. The van der Waals surface area contributed by atoms with Crippen LogP contribution in [-0.2, 0) is 17.6 Å². The van der Waals surface area contributed by atoms with E-state index in [1.165, 1.54) is 5.56 Å². The molecule has 0 aliphatic rings. The van der Waals surface area contributed by atoms with Crippen molar-refractivity contribution in [2.45, 2.75) is 52.2 Å². The van der Waals surface area contributed by atoms with Crippen LogP contribution in [0.1, 0.15) is 38.8 Å². The van der Waals surface area contributed by atoms with Crippen LogP contribution >= 0.6 is 0 Å². The first kappa shape index (κ1) is 18.1. The Labute approximate surface area is 145 Å². The van der Waals surface area contributed by atoms with Gasteiger partial charge < -0.3 is 10.1 Å². The van der Waals surface area contributed by atoms with Crippen molar-refractivity contribution in [2.24, 2.45) is 0 Å². The van der Waals surface area contributed by atoms with E-state index >= 15 is 0 Å². The largest absolute Gasteiger partial charge is 0.481 e. The fourth-order valence-corrected chi connectivity index (χ4v) is 2.74. The van der Waals surface area contributed by atoms with Gasteiger partial charge in [0.15, 0.2) is 6.10 Å². The van der Waals surface area contributed by atoms with Crippen molar-refractivity contribution in [2.75, 3.05) is 0 Å². The van der Waals surface area contributed by atoms with Gasteiger partial charge in [0.1, 0.15) is 5.75 Å². The van der Waals surface area contributed by atoms with E-state index in [2.05, 4.69) is 24.4 Å². The van der Waals surface area contributed by atoms with Crippen LogP contribution < -0.4 is 10.1 Å². The molecule has 2 aromatic carbocycles. The van der Waals surface area contributed by atoms with Crippen molar-refractivity contribution < 1.29 is 9.53 Å². The minimum atomic E-state index is -0.534. The van der Waals surface area contributed by atoms with Crippen molar-refractivity contribution in [1.82, 2.24) is 5.32 Å². The summed E-state index contributed by atoms with van der Waals surface area (Å²) in [7, 11) is 0. The summed E-state index contributed by atoms with van der Waals surface area (Å²) in [4.78, 5) is 12.5.